The average molecular weight is 670 g/mol. The topological polar surface area (TPSA) is 3.24 Å². The van der Waals surface area contributed by atoms with Crippen LogP contribution in [0.15, 0.2) is 176 Å². The minimum absolute atomic E-state index is 0.111. The Morgan fingerprint density at radius 1 is 0.431 bits per heavy atom. The molecule has 0 radical (unpaired) electrons. The van der Waals surface area contributed by atoms with Crippen molar-refractivity contribution in [2.45, 2.75) is 19.3 Å². The lowest BCUT2D eigenvalue weighted by Crippen LogP contribution is -2.17. The number of thiophene rings is 1. The van der Waals surface area contributed by atoms with Crippen molar-refractivity contribution in [1.29, 1.82) is 0 Å². The van der Waals surface area contributed by atoms with Gasteiger partial charge in [-0.25, -0.2) is 0 Å². The smallest absolute Gasteiger partial charge is 0.0540 e. The molecule has 1 heterocycles. The van der Waals surface area contributed by atoms with E-state index in [4.69, 9.17) is 0 Å². The molecule has 0 amide bonds. The molecule has 0 saturated carbocycles. The first-order valence-corrected chi connectivity index (χ1v) is 18.5. The molecule has 8 aromatic carbocycles. The molecule has 1 aliphatic carbocycles. The van der Waals surface area contributed by atoms with E-state index >= 15 is 0 Å². The van der Waals surface area contributed by atoms with Crippen LogP contribution in [-0.4, -0.2) is 0 Å². The highest BCUT2D eigenvalue weighted by molar-refractivity contribution is 7.26. The molecule has 0 unspecified atom stereocenters. The van der Waals surface area contributed by atoms with E-state index < -0.39 is 0 Å². The fraction of sp³-hybridized carbons (Fsp3) is 0.0612. The number of rotatable bonds is 5. The highest BCUT2D eigenvalue weighted by atomic mass is 32.1. The Hall–Kier alpha value is -5.96. The maximum absolute atomic E-state index is 2.48. The Morgan fingerprint density at radius 3 is 2.02 bits per heavy atom. The number of anilines is 3. The van der Waals surface area contributed by atoms with E-state index in [0.717, 1.165) is 17.1 Å². The van der Waals surface area contributed by atoms with Crippen molar-refractivity contribution in [3.8, 4) is 33.4 Å². The van der Waals surface area contributed by atoms with E-state index in [1.165, 1.54) is 75.5 Å². The maximum Gasteiger partial charge on any atom is 0.0540 e. The van der Waals surface area contributed by atoms with Crippen molar-refractivity contribution < 1.29 is 0 Å². The Bertz CT molecular complexity index is 2790. The molecule has 1 nitrogen and oxygen atoms in total. The zero-order chi connectivity index (χ0) is 34.1. The van der Waals surface area contributed by atoms with Crippen LogP contribution in [0.4, 0.5) is 17.1 Å². The molecule has 0 aliphatic heterocycles. The second kappa shape index (κ2) is 11.6. The molecule has 2 heteroatoms. The first-order chi connectivity index (χ1) is 25.1. The maximum atomic E-state index is 2.48. The minimum atomic E-state index is -0.111. The summed E-state index contributed by atoms with van der Waals surface area (Å²) in [5.41, 5.74) is 13.6. The van der Waals surface area contributed by atoms with Gasteiger partial charge in [0.1, 0.15) is 0 Å². The molecule has 0 N–H and O–H groups in total. The van der Waals surface area contributed by atoms with E-state index in [-0.39, 0.29) is 5.41 Å². The molecule has 0 fully saturated rings. The SMILES string of the molecule is CC1(C)c2ccccc2-c2ccc(N(c3cccc(-c4ccccc4)c3)c3ccccc3-c3cccc4ccc5sc6ccccc6c5c34)cc21. The van der Waals surface area contributed by atoms with Gasteiger partial charge in [-0.3, -0.25) is 0 Å². The first kappa shape index (κ1) is 29.9. The lowest BCUT2D eigenvalue weighted by molar-refractivity contribution is 0.660. The summed E-state index contributed by atoms with van der Waals surface area (Å²) in [6.07, 6.45) is 0. The Kier molecular flexibility index (Phi) is 6.78. The van der Waals surface area contributed by atoms with Gasteiger partial charge in [-0.05, 0) is 92.2 Å². The van der Waals surface area contributed by atoms with E-state index in [0.29, 0.717) is 0 Å². The molecule has 1 aromatic heterocycles. The number of benzene rings is 8. The molecule has 10 rings (SSSR count). The lowest BCUT2D eigenvalue weighted by atomic mass is 9.82. The van der Waals surface area contributed by atoms with Crippen LogP contribution < -0.4 is 4.90 Å². The van der Waals surface area contributed by atoms with Gasteiger partial charge in [0, 0.05) is 42.5 Å². The molecule has 0 bridgehead atoms. The van der Waals surface area contributed by atoms with Crippen molar-refractivity contribution in [3.63, 3.8) is 0 Å². The summed E-state index contributed by atoms with van der Waals surface area (Å²) in [5.74, 6) is 0. The van der Waals surface area contributed by atoms with Gasteiger partial charge in [-0.2, -0.15) is 0 Å². The quantitative estimate of drug-likeness (QED) is 0.176. The van der Waals surface area contributed by atoms with Crippen LogP contribution in [-0.2, 0) is 5.41 Å². The van der Waals surface area contributed by atoms with Crippen LogP contribution in [0.1, 0.15) is 25.0 Å². The molecular weight excluding hydrogens is 635 g/mol. The third-order valence-corrected chi connectivity index (χ3v) is 12.0. The van der Waals surface area contributed by atoms with Crippen LogP contribution in [0.3, 0.4) is 0 Å². The van der Waals surface area contributed by atoms with Crippen molar-refractivity contribution in [2.75, 3.05) is 4.90 Å². The number of nitrogens with zero attached hydrogens (tertiary/aromatic N) is 1. The van der Waals surface area contributed by atoms with E-state index in [1.807, 2.05) is 11.3 Å². The van der Waals surface area contributed by atoms with Gasteiger partial charge in [-0.15, -0.1) is 11.3 Å². The van der Waals surface area contributed by atoms with Gasteiger partial charge >= 0.3 is 0 Å². The highest BCUT2D eigenvalue weighted by Crippen LogP contribution is 2.52. The van der Waals surface area contributed by atoms with Crippen LogP contribution in [0, 0.1) is 0 Å². The first-order valence-electron chi connectivity index (χ1n) is 17.7. The second-order valence-corrected chi connectivity index (χ2v) is 15.2. The lowest BCUT2D eigenvalue weighted by Gasteiger charge is -2.30. The van der Waals surface area contributed by atoms with Gasteiger partial charge in [0.2, 0.25) is 0 Å². The predicted molar refractivity (Wildman–Crippen MR) is 220 cm³/mol. The summed E-state index contributed by atoms with van der Waals surface area (Å²) >= 11 is 1.88. The van der Waals surface area contributed by atoms with Crippen LogP contribution in [0.25, 0.3) is 64.3 Å². The number of hydrogen-bond acceptors (Lipinski definition) is 2. The Labute approximate surface area is 302 Å². The van der Waals surface area contributed by atoms with E-state index in [9.17, 15) is 0 Å². The number of para-hydroxylation sites is 1. The summed E-state index contributed by atoms with van der Waals surface area (Å²) in [6, 6.07) is 64.9. The zero-order valence-electron chi connectivity index (χ0n) is 28.6. The zero-order valence-corrected chi connectivity index (χ0v) is 29.4. The molecule has 1 aliphatic rings. The van der Waals surface area contributed by atoms with Gasteiger partial charge in [-0.1, -0.05) is 147 Å². The van der Waals surface area contributed by atoms with Gasteiger partial charge < -0.3 is 4.90 Å². The molecule has 242 valence electrons. The average Bonchev–Trinajstić information content (AvgIpc) is 3.68. The van der Waals surface area contributed by atoms with Crippen molar-refractivity contribution in [1.82, 2.24) is 0 Å². The summed E-state index contributed by atoms with van der Waals surface area (Å²) < 4.78 is 2.64. The molecular formula is C49H35NS. The van der Waals surface area contributed by atoms with Crippen LogP contribution in [0.5, 0.6) is 0 Å². The largest absolute Gasteiger partial charge is 0.310 e. The van der Waals surface area contributed by atoms with Gasteiger partial charge in [0.25, 0.3) is 0 Å². The van der Waals surface area contributed by atoms with Crippen molar-refractivity contribution in [3.05, 3.63) is 187 Å². The minimum Gasteiger partial charge on any atom is -0.310 e. The molecule has 51 heavy (non-hydrogen) atoms. The second-order valence-electron chi connectivity index (χ2n) is 14.1. The molecule has 9 aromatic rings. The standard InChI is InChI=1S/C49H35NS/c1-49(2)42-23-9-6-19-37(42)38-28-27-36(31-43(38)49)50(35-18-12-17-34(30-35)32-14-4-3-5-15-32)44-24-10-7-20-39(44)40-22-13-16-33-26-29-46-48(47(33)40)41-21-8-11-25-45(41)51-46/h3-31H,1-2H3. The van der Waals surface area contributed by atoms with Crippen LogP contribution >= 0.6 is 11.3 Å². The fourth-order valence-electron chi connectivity index (χ4n) is 8.43. The van der Waals surface area contributed by atoms with E-state index in [1.54, 1.807) is 0 Å². The third kappa shape index (κ3) is 4.67. The summed E-state index contributed by atoms with van der Waals surface area (Å²) in [4.78, 5) is 2.48. The van der Waals surface area contributed by atoms with Crippen molar-refractivity contribution in [2.24, 2.45) is 0 Å². The Balaban J connectivity index is 1.24. The fourth-order valence-corrected chi connectivity index (χ4v) is 9.54. The number of hydrogen-bond donors (Lipinski definition) is 0. The third-order valence-electron chi connectivity index (χ3n) is 10.9. The van der Waals surface area contributed by atoms with Gasteiger partial charge in [0.15, 0.2) is 0 Å². The summed E-state index contributed by atoms with van der Waals surface area (Å²) in [6.45, 7) is 4.73. The summed E-state index contributed by atoms with van der Waals surface area (Å²) in [5, 5.41) is 5.23. The molecule has 0 spiro atoms. The Morgan fingerprint density at radius 2 is 1.12 bits per heavy atom. The predicted octanol–water partition coefficient (Wildman–Crippen LogP) is 14.3. The monoisotopic (exact) mass is 669 g/mol. The van der Waals surface area contributed by atoms with Crippen molar-refractivity contribution >= 4 is 59.3 Å². The van der Waals surface area contributed by atoms with Gasteiger partial charge in [0.05, 0.1) is 5.69 Å². The van der Waals surface area contributed by atoms with E-state index in [2.05, 4.69) is 195 Å². The van der Waals surface area contributed by atoms with Crippen LogP contribution in [0.2, 0.25) is 0 Å². The normalized spacial score (nSPS) is 13.1. The number of fused-ring (bicyclic) bond motifs is 8. The highest BCUT2D eigenvalue weighted by Gasteiger charge is 2.36. The molecule has 0 saturated heterocycles. The molecule has 0 atom stereocenters. The summed E-state index contributed by atoms with van der Waals surface area (Å²) in [7, 11) is 0.